The van der Waals surface area contributed by atoms with Gasteiger partial charge in [-0.05, 0) is 53.1 Å². The third-order valence-electron chi connectivity index (χ3n) is 3.77. The second kappa shape index (κ2) is 4.51. The lowest BCUT2D eigenvalue weighted by Gasteiger charge is -2.06. The summed E-state index contributed by atoms with van der Waals surface area (Å²) in [6.45, 7) is 2.25. The minimum Gasteiger partial charge on any atom is -0.206 e. The van der Waals surface area contributed by atoms with Crippen molar-refractivity contribution in [3.05, 3.63) is 58.9 Å². The Kier molecular flexibility index (Phi) is 2.83. The smallest absolute Gasteiger partial charge is 0.141 e. The van der Waals surface area contributed by atoms with Gasteiger partial charge in [0.1, 0.15) is 11.9 Å². The van der Waals surface area contributed by atoms with E-state index in [4.69, 9.17) is 5.26 Å². The molecule has 0 amide bonds. The Morgan fingerprint density at radius 2 is 1.74 bits per heavy atom. The maximum atomic E-state index is 13.6. The summed E-state index contributed by atoms with van der Waals surface area (Å²) in [5.41, 5.74) is 4.73. The fourth-order valence-electron chi connectivity index (χ4n) is 2.80. The molecule has 0 spiro atoms. The van der Waals surface area contributed by atoms with Gasteiger partial charge in [0, 0.05) is 0 Å². The number of hydrogen-bond donors (Lipinski definition) is 0. The molecule has 2 aromatic rings. The maximum Gasteiger partial charge on any atom is 0.141 e. The first-order valence-electron chi connectivity index (χ1n) is 6.49. The Labute approximate surface area is 112 Å². The van der Waals surface area contributed by atoms with Gasteiger partial charge in [0.25, 0.3) is 0 Å². The zero-order valence-corrected chi connectivity index (χ0v) is 10.8. The quantitative estimate of drug-likeness (QED) is 0.748. The molecule has 0 aliphatic heterocycles. The van der Waals surface area contributed by atoms with Crippen LogP contribution in [0, 0.1) is 23.1 Å². The molecule has 1 atom stereocenters. The Hall–Kier alpha value is -2.14. The summed E-state index contributed by atoms with van der Waals surface area (Å²) in [5.74, 6) is 0.247. The van der Waals surface area contributed by atoms with Crippen LogP contribution in [0.4, 0.5) is 4.39 Å². The van der Waals surface area contributed by atoms with Gasteiger partial charge in [-0.2, -0.15) is 5.26 Å². The lowest BCUT2D eigenvalue weighted by Crippen LogP contribution is -1.89. The third-order valence-corrected chi connectivity index (χ3v) is 3.77. The highest BCUT2D eigenvalue weighted by molar-refractivity contribution is 5.66. The number of rotatable bonds is 1. The number of benzene rings is 2. The van der Waals surface area contributed by atoms with Gasteiger partial charge in [0.15, 0.2) is 0 Å². The number of nitrogens with zero attached hydrogens (tertiary/aromatic N) is 1. The van der Waals surface area contributed by atoms with Crippen molar-refractivity contribution in [3.8, 4) is 17.2 Å². The van der Waals surface area contributed by atoms with Crippen LogP contribution in [0.25, 0.3) is 11.1 Å². The predicted octanol–water partition coefficient (Wildman–Crippen LogP) is 4.10. The number of nitriles is 1. The van der Waals surface area contributed by atoms with Gasteiger partial charge < -0.3 is 0 Å². The number of fused-ring (bicyclic) bond motifs is 1. The number of halogens is 1. The molecule has 0 aromatic heterocycles. The average Bonchev–Trinajstić information content (AvgIpc) is 2.77. The molecule has 1 nitrogen and oxygen atoms in total. The summed E-state index contributed by atoms with van der Waals surface area (Å²) in [6.07, 6.45) is 2.24. The molecule has 0 radical (unpaired) electrons. The second-order valence-electron chi connectivity index (χ2n) is 5.30. The van der Waals surface area contributed by atoms with Crippen LogP contribution in [0.1, 0.15) is 23.6 Å². The SMILES string of the molecule is CC1Cc2ccc(-c3ccc(C#N)c(F)c3)cc2C1. The van der Waals surface area contributed by atoms with Crippen molar-refractivity contribution < 1.29 is 4.39 Å². The van der Waals surface area contributed by atoms with E-state index in [1.807, 2.05) is 18.2 Å². The van der Waals surface area contributed by atoms with Crippen LogP contribution in [-0.4, -0.2) is 0 Å². The standard InChI is InChI=1S/C17H14FN/c1-11-6-12-2-3-13(8-16(12)7-11)14-4-5-15(10-19)17(18)9-14/h2-5,8-9,11H,6-7H2,1H3. The van der Waals surface area contributed by atoms with Crippen LogP contribution >= 0.6 is 0 Å². The largest absolute Gasteiger partial charge is 0.206 e. The normalized spacial score (nSPS) is 17.0. The van der Waals surface area contributed by atoms with E-state index in [2.05, 4.69) is 19.1 Å². The highest BCUT2D eigenvalue weighted by atomic mass is 19.1. The molecule has 0 saturated carbocycles. The van der Waals surface area contributed by atoms with Crippen molar-refractivity contribution in [2.24, 2.45) is 5.92 Å². The predicted molar refractivity (Wildman–Crippen MR) is 73.1 cm³/mol. The van der Waals surface area contributed by atoms with E-state index in [0.29, 0.717) is 5.92 Å². The van der Waals surface area contributed by atoms with E-state index in [1.165, 1.54) is 17.2 Å². The van der Waals surface area contributed by atoms with E-state index >= 15 is 0 Å². The topological polar surface area (TPSA) is 23.8 Å². The summed E-state index contributed by atoms with van der Waals surface area (Å²) < 4.78 is 13.6. The van der Waals surface area contributed by atoms with Gasteiger partial charge >= 0.3 is 0 Å². The van der Waals surface area contributed by atoms with Crippen LogP contribution in [0.2, 0.25) is 0 Å². The van der Waals surface area contributed by atoms with E-state index in [-0.39, 0.29) is 5.56 Å². The van der Waals surface area contributed by atoms with Crippen molar-refractivity contribution in [2.45, 2.75) is 19.8 Å². The van der Waals surface area contributed by atoms with Gasteiger partial charge in [-0.15, -0.1) is 0 Å². The molecule has 1 aliphatic carbocycles. The highest BCUT2D eigenvalue weighted by Crippen LogP contribution is 2.31. The van der Waals surface area contributed by atoms with Crippen molar-refractivity contribution in [1.29, 1.82) is 5.26 Å². The summed E-state index contributed by atoms with van der Waals surface area (Å²) in [7, 11) is 0. The van der Waals surface area contributed by atoms with E-state index in [9.17, 15) is 4.39 Å². The molecule has 0 saturated heterocycles. The van der Waals surface area contributed by atoms with E-state index in [0.717, 1.165) is 24.0 Å². The molecule has 19 heavy (non-hydrogen) atoms. The lowest BCUT2D eigenvalue weighted by molar-refractivity contribution is 0.624. The molecule has 0 N–H and O–H groups in total. The van der Waals surface area contributed by atoms with Crippen molar-refractivity contribution in [2.75, 3.05) is 0 Å². The van der Waals surface area contributed by atoms with Crippen LogP contribution in [0.3, 0.4) is 0 Å². The number of hydrogen-bond acceptors (Lipinski definition) is 1. The Bertz CT molecular complexity index is 682. The molecule has 0 heterocycles. The molecule has 3 rings (SSSR count). The van der Waals surface area contributed by atoms with Gasteiger partial charge in [0.2, 0.25) is 0 Å². The van der Waals surface area contributed by atoms with Gasteiger partial charge in [-0.1, -0.05) is 31.2 Å². The zero-order chi connectivity index (χ0) is 13.4. The highest BCUT2D eigenvalue weighted by Gasteiger charge is 2.18. The fourth-order valence-corrected chi connectivity index (χ4v) is 2.80. The second-order valence-corrected chi connectivity index (χ2v) is 5.30. The maximum absolute atomic E-state index is 13.6. The molecule has 1 unspecified atom stereocenters. The molecule has 2 aromatic carbocycles. The Morgan fingerprint density at radius 3 is 2.47 bits per heavy atom. The molecule has 94 valence electrons. The van der Waals surface area contributed by atoms with Crippen molar-refractivity contribution in [3.63, 3.8) is 0 Å². The van der Waals surface area contributed by atoms with E-state index < -0.39 is 5.82 Å². The summed E-state index contributed by atoms with van der Waals surface area (Å²) >= 11 is 0. The summed E-state index contributed by atoms with van der Waals surface area (Å²) in [6, 6.07) is 13.0. The monoisotopic (exact) mass is 251 g/mol. The molecule has 1 aliphatic rings. The van der Waals surface area contributed by atoms with Crippen molar-refractivity contribution >= 4 is 0 Å². The lowest BCUT2D eigenvalue weighted by atomic mass is 9.99. The Balaban J connectivity index is 2.02. The Morgan fingerprint density at radius 1 is 1.05 bits per heavy atom. The molecule has 0 bridgehead atoms. The first-order valence-corrected chi connectivity index (χ1v) is 6.49. The minimum absolute atomic E-state index is 0.0959. The molecular formula is C17H14FN. The van der Waals surface area contributed by atoms with Crippen LogP contribution in [0.5, 0.6) is 0 Å². The summed E-state index contributed by atoms with van der Waals surface area (Å²) in [5, 5.41) is 8.75. The first kappa shape index (κ1) is 11.9. The van der Waals surface area contributed by atoms with Crippen LogP contribution in [-0.2, 0) is 12.8 Å². The molecule has 2 heteroatoms. The zero-order valence-electron chi connectivity index (χ0n) is 10.8. The first-order chi connectivity index (χ1) is 9.17. The van der Waals surface area contributed by atoms with Crippen LogP contribution < -0.4 is 0 Å². The minimum atomic E-state index is -0.450. The van der Waals surface area contributed by atoms with Gasteiger partial charge in [-0.25, -0.2) is 4.39 Å². The molecular weight excluding hydrogens is 237 g/mol. The third kappa shape index (κ3) is 2.13. The van der Waals surface area contributed by atoms with Crippen LogP contribution in [0.15, 0.2) is 36.4 Å². The van der Waals surface area contributed by atoms with Crippen molar-refractivity contribution in [1.82, 2.24) is 0 Å². The fraction of sp³-hybridized carbons (Fsp3) is 0.235. The van der Waals surface area contributed by atoms with Gasteiger partial charge in [0.05, 0.1) is 5.56 Å². The average molecular weight is 251 g/mol. The summed E-state index contributed by atoms with van der Waals surface area (Å²) in [4.78, 5) is 0. The van der Waals surface area contributed by atoms with Gasteiger partial charge in [-0.3, -0.25) is 0 Å². The van der Waals surface area contributed by atoms with E-state index in [1.54, 1.807) is 6.07 Å². The molecule has 0 fully saturated rings.